The average molecular weight is 420 g/mol. The standard InChI is InChI=1S/C25H26ClN3O/c26-23(22-12-7-13-27-18-22)19-28-14-16-29(17-15-28)25(30)24(20-8-3-1-4-9-20)21-10-5-2-6-11-21/h1-13,18,23-24H,14-17,19H2. The Labute approximate surface area is 183 Å². The van der Waals surface area contributed by atoms with Gasteiger partial charge in [-0.05, 0) is 22.8 Å². The zero-order chi connectivity index (χ0) is 20.8. The number of nitrogens with zero attached hydrogens (tertiary/aromatic N) is 3. The molecule has 1 saturated heterocycles. The van der Waals surface area contributed by atoms with Crippen LogP contribution in [-0.4, -0.2) is 53.4 Å². The Morgan fingerprint density at radius 3 is 1.93 bits per heavy atom. The summed E-state index contributed by atoms with van der Waals surface area (Å²) in [6.07, 6.45) is 3.58. The number of hydrogen-bond donors (Lipinski definition) is 0. The highest BCUT2D eigenvalue weighted by atomic mass is 35.5. The summed E-state index contributed by atoms with van der Waals surface area (Å²) in [5, 5.41) is -0.0951. The van der Waals surface area contributed by atoms with Gasteiger partial charge in [-0.3, -0.25) is 14.7 Å². The topological polar surface area (TPSA) is 36.4 Å². The molecule has 1 amide bonds. The van der Waals surface area contributed by atoms with Crippen LogP contribution in [0.1, 0.15) is 28.0 Å². The summed E-state index contributed by atoms with van der Waals surface area (Å²) in [6.45, 7) is 3.84. The van der Waals surface area contributed by atoms with Crippen LogP contribution in [0.25, 0.3) is 0 Å². The molecule has 0 saturated carbocycles. The van der Waals surface area contributed by atoms with E-state index in [0.717, 1.165) is 36.3 Å². The first-order valence-corrected chi connectivity index (χ1v) is 10.8. The lowest BCUT2D eigenvalue weighted by Gasteiger charge is -2.37. The molecule has 1 aliphatic rings. The molecule has 0 radical (unpaired) electrons. The first-order valence-electron chi connectivity index (χ1n) is 10.4. The zero-order valence-corrected chi connectivity index (χ0v) is 17.7. The first-order chi connectivity index (χ1) is 14.7. The minimum Gasteiger partial charge on any atom is -0.339 e. The van der Waals surface area contributed by atoms with E-state index in [9.17, 15) is 4.79 Å². The van der Waals surface area contributed by atoms with Crippen LogP contribution in [0.3, 0.4) is 0 Å². The Morgan fingerprint density at radius 2 is 1.40 bits per heavy atom. The fraction of sp³-hybridized carbons (Fsp3) is 0.280. The van der Waals surface area contributed by atoms with Gasteiger partial charge in [0.2, 0.25) is 5.91 Å². The monoisotopic (exact) mass is 419 g/mol. The Balaban J connectivity index is 1.42. The maximum absolute atomic E-state index is 13.5. The number of carbonyl (C=O) groups excluding carboxylic acids is 1. The second kappa shape index (κ2) is 9.88. The summed E-state index contributed by atoms with van der Waals surface area (Å²) in [6, 6.07) is 24.0. The van der Waals surface area contributed by atoms with E-state index in [-0.39, 0.29) is 17.2 Å². The molecule has 0 spiro atoms. The van der Waals surface area contributed by atoms with Gasteiger partial charge < -0.3 is 4.90 Å². The van der Waals surface area contributed by atoms with Gasteiger partial charge in [0.05, 0.1) is 11.3 Å². The summed E-state index contributed by atoms with van der Waals surface area (Å²) in [5.41, 5.74) is 3.10. The lowest BCUT2D eigenvalue weighted by Crippen LogP contribution is -2.50. The van der Waals surface area contributed by atoms with Gasteiger partial charge >= 0.3 is 0 Å². The third kappa shape index (κ3) is 4.89. The van der Waals surface area contributed by atoms with Crippen LogP contribution in [0.2, 0.25) is 0 Å². The van der Waals surface area contributed by atoms with Crippen LogP contribution in [0.4, 0.5) is 0 Å². The molecule has 2 aromatic carbocycles. The lowest BCUT2D eigenvalue weighted by atomic mass is 9.90. The molecule has 5 heteroatoms. The first kappa shape index (κ1) is 20.6. The second-order valence-corrected chi connectivity index (χ2v) is 8.16. The quantitative estimate of drug-likeness (QED) is 0.558. The minimum absolute atomic E-state index is 0.0951. The Bertz CT molecular complexity index is 889. The van der Waals surface area contributed by atoms with Crippen LogP contribution in [-0.2, 0) is 4.79 Å². The minimum atomic E-state index is -0.268. The summed E-state index contributed by atoms with van der Waals surface area (Å²) >= 11 is 6.59. The smallest absolute Gasteiger partial charge is 0.234 e. The van der Waals surface area contributed by atoms with Crippen molar-refractivity contribution in [1.29, 1.82) is 0 Å². The molecule has 0 aliphatic carbocycles. The summed E-state index contributed by atoms with van der Waals surface area (Å²) in [5.74, 6) is -0.100. The van der Waals surface area contributed by atoms with E-state index in [1.54, 1.807) is 6.20 Å². The average Bonchev–Trinajstić information content (AvgIpc) is 2.81. The maximum atomic E-state index is 13.5. The van der Waals surface area contributed by atoms with Gasteiger partial charge in [-0.2, -0.15) is 0 Å². The van der Waals surface area contributed by atoms with Gasteiger partial charge in [0.25, 0.3) is 0 Å². The Morgan fingerprint density at radius 1 is 0.833 bits per heavy atom. The van der Waals surface area contributed by atoms with Gasteiger partial charge in [0.1, 0.15) is 0 Å². The molecule has 1 unspecified atom stereocenters. The van der Waals surface area contributed by atoms with Crippen molar-refractivity contribution in [2.75, 3.05) is 32.7 Å². The number of pyridine rings is 1. The largest absolute Gasteiger partial charge is 0.339 e. The molecule has 1 atom stereocenters. The summed E-state index contributed by atoms with van der Waals surface area (Å²) in [7, 11) is 0. The number of hydrogen-bond acceptors (Lipinski definition) is 3. The van der Waals surface area contributed by atoms with E-state index in [1.807, 2.05) is 83.9 Å². The van der Waals surface area contributed by atoms with Crippen molar-refractivity contribution in [3.05, 3.63) is 102 Å². The van der Waals surface area contributed by atoms with Crippen LogP contribution in [0.5, 0.6) is 0 Å². The van der Waals surface area contributed by atoms with Crippen molar-refractivity contribution in [3.63, 3.8) is 0 Å². The van der Waals surface area contributed by atoms with Crippen molar-refractivity contribution < 1.29 is 4.79 Å². The number of rotatable bonds is 6. The molecule has 1 aliphatic heterocycles. The van der Waals surface area contributed by atoms with Crippen molar-refractivity contribution in [3.8, 4) is 0 Å². The summed E-state index contributed by atoms with van der Waals surface area (Å²) in [4.78, 5) is 22.0. The maximum Gasteiger partial charge on any atom is 0.234 e. The molecule has 154 valence electrons. The second-order valence-electron chi connectivity index (χ2n) is 7.63. The van der Waals surface area contributed by atoms with Gasteiger partial charge in [-0.1, -0.05) is 66.7 Å². The summed E-state index contributed by atoms with van der Waals surface area (Å²) < 4.78 is 0. The fourth-order valence-electron chi connectivity index (χ4n) is 4.00. The highest BCUT2D eigenvalue weighted by Gasteiger charge is 2.30. The molecule has 2 heterocycles. The van der Waals surface area contributed by atoms with Crippen molar-refractivity contribution >= 4 is 17.5 Å². The SMILES string of the molecule is O=C(C(c1ccccc1)c1ccccc1)N1CCN(CC(Cl)c2cccnc2)CC1. The van der Waals surface area contributed by atoms with Crippen LogP contribution in [0, 0.1) is 0 Å². The fourth-order valence-corrected chi connectivity index (χ4v) is 4.32. The van der Waals surface area contributed by atoms with Crippen molar-refractivity contribution in [2.45, 2.75) is 11.3 Å². The van der Waals surface area contributed by atoms with Gasteiger partial charge in [0, 0.05) is 45.1 Å². The predicted molar refractivity (Wildman–Crippen MR) is 121 cm³/mol. The lowest BCUT2D eigenvalue weighted by molar-refractivity contribution is -0.133. The number of benzene rings is 2. The molecular formula is C25H26ClN3O. The van der Waals surface area contributed by atoms with Gasteiger partial charge in [-0.15, -0.1) is 11.6 Å². The Hall–Kier alpha value is -2.69. The highest BCUT2D eigenvalue weighted by molar-refractivity contribution is 6.21. The zero-order valence-electron chi connectivity index (χ0n) is 16.9. The number of aromatic nitrogens is 1. The van der Waals surface area contributed by atoms with Crippen molar-refractivity contribution in [1.82, 2.24) is 14.8 Å². The number of carbonyl (C=O) groups is 1. The predicted octanol–water partition coefficient (Wildman–Crippen LogP) is 4.34. The van der Waals surface area contributed by atoms with E-state index in [1.165, 1.54) is 0 Å². The third-order valence-corrected chi connectivity index (χ3v) is 6.05. The number of piperazine rings is 1. The highest BCUT2D eigenvalue weighted by Crippen LogP contribution is 2.28. The van der Waals surface area contributed by atoms with E-state index in [4.69, 9.17) is 11.6 Å². The molecule has 1 aromatic heterocycles. The molecule has 0 N–H and O–H groups in total. The molecule has 30 heavy (non-hydrogen) atoms. The Kier molecular flexibility index (Phi) is 6.77. The molecule has 4 rings (SSSR count). The molecule has 0 bridgehead atoms. The molecule has 3 aromatic rings. The third-order valence-electron chi connectivity index (χ3n) is 5.66. The van der Waals surface area contributed by atoms with E-state index in [2.05, 4.69) is 9.88 Å². The van der Waals surface area contributed by atoms with Crippen molar-refractivity contribution in [2.24, 2.45) is 0 Å². The number of halogens is 1. The normalized spacial score (nSPS) is 15.9. The molecule has 1 fully saturated rings. The van der Waals surface area contributed by atoms with Crippen LogP contribution >= 0.6 is 11.6 Å². The van der Waals surface area contributed by atoms with Crippen LogP contribution in [0.15, 0.2) is 85.2 Å². The number of alkyl halides is 1. The van der Waals surface area contributed by atoms with E-state index >= 15 is 0 Å². The van der Waals surface area contributed by atoms with Gasteiger partial charge in [-0.25, -0.2) is 0 Å². The van der Waals surface area contributed by atoms with Gasteiger partial charge in [0.15, 0.2) is 0 Å². The molecular weight excluding hydrogens is 394 g/mol. The number of amides is 1. The van der Waals surface area contributed by atoms with E-state index < -0.39 is 0 Å². The van der Waals surface area contributed by atoms with Crippen LogP contribution < -0.4 is 0 Å². The molecule has 4 nitrogen and oxygen atoms in total. The van der Waals surface area contributed by atoms with E-state index in [0.29, 0.717) is 13.1 Å².